The predicted octanol–water partition coefficient (Wildman–Crippen LogP) is 20.2. The third kappa shape index (κ3) is 24.5. The first-order valence-corrected chi connectivity index (χ1v) is 56.4. The second-order valence-corrected chi connectivity index (χ2v) is 48.4. The number of phenols is 4. The minimum Gasteiger partial charge on any atom is -0.505 e. The summed E-state index contributed by atoms with van der Waals surface area (Å²) < 4.78 is 169. The first-order chi connectivity index (χ1) is 71.2. The Morgan fingerprint density at radius 3 is 1.18 bits per heavy atom. The summed E-state index contributed by atoms with van der Waals surface area (Å²) in [7, 11) is -13.7. The second kappa shape index (κ2) is 46.4. The van der Waals surface area contributed by atoms with E-state index in [4.69, 9.17) is 38.7 Å². The smallest absolute Gasteiger partial charge is 0.505 e. The molecule has 22 rings (SSSR count). The average Bonchev–Trinajstić information content (AvgIpc) is 1.59. The van der Waals surface area contributed by atoms with Crippen LogP contribution in [0.15, 0.2) is 279 Å². The molecule has 0 spiro atoms. The van der Waals surface area contributed by atoms with Crippen LogP contribution >= 0.6 is 88.5 Å². The molecule has 0 unspecified atom stereocenters. The third-order valence-corrected chi connectivity index (χ3v) is 35.7. The highest BCUT2D eigenvalue weighted by atomic mass is 127. The molecule has 772 valence electrons. The number of phenolic OH excluding ortho intramolecular Hbond substituents is 4. The molecule has 7 N–H and O–H groups in total. The number of H-pyrrole nitrogens is 1. The van der Waals surface area contributed by atoms with Crippen LogP contribution in [0.2, 0.25) is 0 Å². The Hall–Kier alpha value is -11.4. The highest BCUT2D eigenvalue weighted by Gasteiger charge is 2.52. The lowest BCUT2D eigenvalue weighted by molar-refractivity contribution is 0.00578. The van der Waals surface area contributed by atoms with Crippen molar-refractivity contribution in [2.24, 2.45) is 0 Å². The van der Waals surface area contributed by atoms with Gasteiger partial charge in [-0.05, 0) is 218 Å². The zero-order valence-corrected chi connectivity index (χ0v) is 91.5. The summed E-state index contributed by atoms with van der Waals surface area (Å²) >= 11 is 14.0. The van der Waals surface area contributed by atoms with E-state index in [2.05, 4.69) is 152 Å². The normalized spacial score (nSPS) is 15.0. The van der Waals surface area contributed by atoms with Gasteiger partial charge in [0.1, 0.15) is 5.65 Å². The van der Waals surface area contributed by atoms with Crippen molar-refractivity contribution in [3.05, 3.63) is 323 Å². The number of pyridine rings is 4. The molecule has 4 aliphatic rings. The van der Waals surface area contributed by atoms with Gasteiger partial charge in [-0.2, -0.15) is 0 Å². The average molecular weight is 2380 g/mol. The van der Waals surface area contributed by atoms with Gasteiger partial charge in [-0.1, -0.05) is 108 Å². The first-order valence-electron chi connectivity index (χ1n) is 46.9. The number of nitrogens with zero attached hydrogens (tertiary/aromatic N) is 10. The Balaban J connectivity index is 0.000000126. The van der Waals surface area contributed by atoms with Crippen LogP contribution in [0, 0.1) is 47.6 Å². The molecule has 0 amide bonds. The molecule has 0 atom stereocenters. The molecular weight excluding hydrogens is 2280 g/mol. The van der Waals surface area contributed by atoms with E-state index in [1.165, 1.54) is 85.7 Å². The molecule has 4 saturated heterocycles. The molecular formula is C106H100B2Br2F4IN11O17S6. The van der Waals surface area contributed by atoms with Crippen LogP contribution < -0.4 is 10.2 Å². The number of benzene rings is 7. The lowest BCUT2D eigenvalue weighted by atomic mass is 9.79. The van der Waals surface area contributed by atoms with Gasteiger partial charge in [0.25, 0.3) is 30.1 Å². The van der Waals surface area contributed by atoms with E-state index in [9.17, 15) is 58.1 Å². The summed E-state index contributed by atoms with van der Waals surface area (Å²) in [5, 5.41) is 59.5. The highest BCUT2D eigenvalue weighted by Crippen LogP contribution is 2.45. The van der Waals surface area contributed by atoms with E-state index in [-0.39, 0.29) is 66.6 Å². The molecule has 18 aromatic rings. The SMILES string of the molecule is CC1(C)OB(c2ccc(CN3CCOCC3)s2)OC1(C)C.Cc1ccc(S(=O)(=O)n2cc(-c3cccc(F)c3O)c3cc(-c4ccc(CN5CCOCC5)s4)cnc32)cc1.Cc1ccc(S(=O)(=O)n2cc(-c3cccc(F)c3O)c3cc(Br)cnc32)cc1.Cc1ccc(S(=O)(=O)n2cc(I)c3cc(Br)cnc32)cc1.OB(O)c1cccc(F)c1O.Oc1c(F)cccc1-c1c[nH]c2ncc(-c3ccc(CN4CCOCC4)s3)cc12. The third-order valence-electron chi connectivity index (χ3n) is 25.6. The van der Waals surface area contributed by atoms with Gasteiger partial charge in [0.05, 0.1) is 65.5 Å². The Bertz CT molecular complexity index is 8280. The van der Waals surface area contributed by atoms with E-state index >= 15 is 0 Å². The number of hydrogen-bond acceptors (Lipinski definition) is 27. The molecule has 43 heteroatoms. The molecule has 0 aliphatic carbocycles. The maximum absolute atomic E-state index is 14.3. The topological polar surface area (TPSA) is 362 Å². The van der Waals surface area contributed by atoms with Gasteiger partial charge in [-0.15, -0.1) is 34.0 Å². The van der Waals surface area contributed by atoms with Crippen molar-refractivity contribution in [1.82, 2.24) is 51.5 Å². The van der Waals surface area contributed by atoms with E-state index in [0.29, 0.717) is 43.2 Å². The molecule has 15 heterocycles. The van der Waals surface area contributed by atoms with Crippen LogP contribution in [-0.2, 0) is 73.2 Å². The number of fused-ring (bicyclic) bond motifs is 4. The van der Waals surface area contributed by atoms with E-state index in [1.807, 2.05) is 51.2 Å². The van der Waals surface area contributed by atoms with Crippen molar-refractivity contribution in [1.29, 1.82) is 0 Å². The Morgan fingerprint density at radius 2 is 0.765 bits per heavy atom. The highest BCUT2D eigenvalue weighted by molar-refractivity contribution is 14.1. The first kappa shape index (κ1) is 109. The predicted molar refractivity (Wildman–Crippen MR) is 589 cm³/mol. The van der Waals surface area contributed by atoms with Gasteiger partial charge >= 0.3 is 14.2 Å². The zero-order valence-electron chi connectivity index (χ0n) is 81.3. The number of aryl methyl sites for hydroxylation is 3. The number of aromatic nitrogens is 8. The fourth-order valence-electron chi connectivity index (χ4n) is 16.8. The Morgan fingerprint density at radius 1 is 0.416 bits per heavy atom. The van der Waals surface area contributed by atoms with Gasteiger partial charge in [0, 0.05) is 222 Å². The van der Waals surface area contributed by atoms with Crippen LogP contribution in [0.25, 0.3) is 98.4 Å². The quantitative estimate of drug-likeness (QED) is 0.0225. The Kier molecular flexibility index (Phi) is 33.9. The van der Waals surface area contributed by atoms with E-state index in [0.717, 1.165) is 191 Å². The summed E-state index contributed by atoms with van der Waals surface area (Å²) in [5.41, 5.74) is 7.73. The maximum atomic E-state index is 14.3. The summed E-state index contributed by atoms with van der Waals surface area (Å²) in [6.45, 7) is 27.3. The van der Waals surface area contributed by atoms with Crippen molar-refractivity contribution < 1.29 is 96.8 Å². The number of rotatable bonds is 19. The van der Waals surface area contributed by atoms with Gasteiger partial charge in [0.2, 0.25) is 0 Å². The molecule has 11 aromatic heterocycles. The molecule has 7 aromatic carbocycles. The maximum Gasteiger partial charge on any atom is 0.505 e. The number of halogens is 7. The van der Waals surface area contributed by atoms with Crippen LogP contribution in [0.4, 0.5) is 17.6 Å². The summed E-state index contributed by atoms with van der Waals surface area (Å²) in [6.07, 6.45) is 12.7. The molecule has 0 radical (unpaired) electrons. The number of aromatic hydroxyl groups is 4. The minimum atomic E-state index is -4.02. The largest absolute Gasteiger partial charge is 0.505 e. The molecule has 149 heavy (non-hydrogen) atoms. The molecule has 0 saturated carbocycles. The molecule has 4 fully saturated rings. The molecule has 28 nitrogen and oxygen atoms in total. The van der Waals surface area contributed by atoms with E-state index in [1.54, 1.807) is 144 Å². The van der Waals surface area contributed by atoms with Crippen molar-refractivity contribution >= 4 is 187 Å². The number of nitrogens with one attached hydrogen (secondary N) is 1. The number of para-hydroxylation sites is 4. The number of hydrogen-bond donors (Lipinski definition) is 7. The zero-order chi connectivity index (χ0) is 106. The number of aromatic amines is 1. The fourth-order valence-corrected chi connectivity index (χ4v) is 25.4. The van der Waals surface area contributed by atoms with Gasteiger partial charge in [0.15, 0.2) is 63.2 Å². The van der Waals surface area contributed by atoms with E-state index < -0.39 is 77.7 Å². The lowest BCUT2D eigenvalue weighted by Gasteiger charge is -2.32. The van der Waals surface area contributed by atoms with Crippen LogP contribution in [0.3, 0.4) is 0 Å². The van der Waals surface area contributed by atoms with Gasteiger partial charge in [-0.3, -0.25) is 14.7 Å². The molecule has 4 aliphatic heterocycles. The van der Waals surface area contributed by atoms with Gasteiger partial charge < -0.3 is 59.0 Å². The lowest BCUT2D eigenvalue weighted by Crippen LogP contribution is -2.41. The second-order valence-electron chi connectivity index (χ2n) is 36.4. The summed E-state index contributed by atoms with van der Waals surface area (Å²) in [4.78, 5) is 34.4. The summed E-state index contributed by atoms with van der Waals surface area (Å²) in [5.74, 6) is -5.23. The minimum absolute atomic E-state index is 0.106. The van der Waals surface area contributed by atoms with Crippen LogP contribution in [0.1, 0.15) is 59.0 Å². The number of ether oxygens (including phenoxy) is 3. The summed E-state index contributed by atoms with van der Waals surface area (Å²) in [6, 6.07) is 56.4. The standard InChI is InChI=1S/C29H26FN3O4S2.C22H20FN3O2S.C20H14BrFN2O3S.C15H24BNO3S.C14H10BrIN2O2S.C6H6BFO3/c1-19-5-8-22(9-6-19)39(35,36)33-18-25(23-3-2-4-26(30)28(23)34)24-15-20(16-31-29(24)33)27-10-7-21(38-27)17-32-11-13-37-14-12-32;23-19-3-1-2-16(21(19)27)18-12-25-22-17(18)10-14(11-24-22)20-5-4-15(29-20)13-26-6-8-28-9-7-26;1-12-5-7-14(8-6-12)28(26,27)24-11-17(15-3-2-4-18(22)19(15)25)16-9-13(21)10-23-20(16)24;1-14(2)15(3,4)20-16(19-14)13-6-5-12(21-13)11-17-7-9-18-10-8-17;1-9-2-4-11(5-3-9)21(19,20)18-8-13(16)12-6-10(15)7-17-14(12)18;8-5-3-1-2-4(6(5)9)7(10)11/h2-10,15-16,18,34H,11-14,17H2,1H3;1-5,10-12,27H,6-9,13H2,(H,24,25);2-11,25H,1H3;5-6H,7-11H2,1-4H3;2-8H,1H3;1-3,9-11H. The monoisotopic (exact) mass is 2370 g/mol. The van der Waals surface area contributed by atoms with Gasteiger partial charge in [-0.25, -0.2) is 74.7 Å². The molecule has 0 bridgehead atoms. The fraction of sp³-hybridized carbons (Fsp3) is 0.226. The van der Waals surface area contributed by atoms with Crippen molar-refractivity contribution in [2.45, 2.75) is 94.0 Å². The number of thiophene rings is 3. The van der Waals surface area contributed by atoms with Crippen molar-refractivity contribution in [3.8, 4) is 77.3 Å². The van der Waals surface area contributed by atoms with Crippen molar-refractivity contribution in [3.63, 3.8) is 0 Å². The van der Waals surface area contributed by atoms with Crippen molar-refractivity contribution in [2.75, 3.05) is 78.9 Å². The Labute approximate surface area is 900 Å². The van der Waals surface area contributed by atoms with Crippen LogP contribution in [0.5, 0.6) is 23.0 Å². The van der Waals surface area contributed by atoms with Crippen LogP contribution in [-0.4, -0.2) is 212 Å². The number of morpholine rings is 3.